The highest BCUT2D eigenvalue weighted by atomic mass is 79.9. The van der Waals surface area contributed by atoms with E-state index in [0.717, 1.165) is 12.0 Å². The Morgan fingerprint density at radius 1 is 1.56 bits per heavy atom. The van der Waals surface area contributed by atoms with Gasteiger partial charge >= 0.3 is 0 Å². The standard InChI is InChI=1S/C11H10BrClN4O/c1-2-6-4-15-17-10(6)16-11(18)8-3-7(12)5-14-9(8)13/h3-5H,2H2,1H3,(H2,15,16,17,18). The van der Waals surface area contributed by atoms with Crippen molar-refractivity contribution in [3.63, 3.8) is 0 Å². The van der Waals surface area contributed by atoms with Crippen molar-refractivity contribution in [3.8, 4) is 0 Å². The van der Waals surface area contributed by atoms with E-state index in [9.17, 15) is 4.79 Å². The van der Waals surface area contributed by atoms with Crippen LogP contribution in [0.2, 0.25) is 5.15 Å². The van der Waals surface area contributed by atoms with Crippen LogP contribution in [0.3, 0.4) is 0 Å². The summed E-state index contributed by atoms with van der Waals surface area (Å²) in [5.41, 5.74) is 1.24. The van der Waals surface area contributed by atoms with E-state index in [-0.39, 0.29) is 11.1 Å². The molecule has 0 radical (unpaired) electrons. The molecule has 0 atom stereocenters. The van der Waals surface area contributed by atoms with E-state index in [0.29, 0.717) is 15.9 Å². The van der Waals surface area contributed by atoms with Crippen LogP contribution in [-0.4, -0.2) is 21.1 Å². The van der Waals surface area contributed by atoms with Crippen LogP contribution in [0.1, 0.15) is 22.8 Å². The predicted octanol–water partition coefficient (Wildman–Crippen LogP) is 3.04. The third-order valence-corrected chi connectivity index (χ3v) is 3.12. The molecule has 0 bridgehead atoms. The number of pyridine rings is 1. The Morgan fingerprint density at radius 3 is 3.06 bits per heavy atom. The van der Waals surface area contributed by atoms with Gasteiger partial charge in [0.25, 0.3) is 5.91 Å². The molecule has 0 aliphatic carbocycles. The normalized spacial score (nSPS) is 10.4. The minimum Gasteiger partial charge on any atom is -0.307 e. The van der Waals surface area contributed by atoms with Crippen LogP contribution in [0.25, 0.3) is 0 Å². The molecule has 0 unspecified atom stereocenters. The monoisotopic (exact) mass is 328 g/mol. The number of H-pyrrole nitrogens is 1. The largest absolute Gasteiger partial charge is 0.307 e. The molecule has 0 saturated carbocycles. The highest BCUT2D eigenvalue weighted by molar-refractivity contribution is 9.10. The first kappa shape index (κ1) is 13.0. The Hall–Kier alpha value is -1.40. The van der Waals surface area contributed by atoms with E-state index >= 15 is 0 Å². The molecular formula is C11H10BrClN4O. The SMILES string of the molecule is CCc1cn[nH]c1NC(=O)c1cc(Br)cnc1Cl. The molecule has 0 aliphatic heterocycles. The van der Waals surface area contributed by atoms with Crippen molar-refractivity contribution < 1.29 is 4.79 Å². The lowest BCUT2D eigenvalue weighted by Crippen LogP contribution is -2.14. The van der Waals surface area contributed by atoms with Gasteiger partial charge in [-0.15, -0.1) is 0 Å². The highest BCUT2D eigenvalue weighted by Crippen LogP contribution is 2.20. The van der Waals surface area contributed by atoms with Crippen molar-refractivity contribution in [2.45, 2.75) is 13.3 Å². The number of halogens is 2. The number of carbonyl (C=O) groups excluding carboxylic acids is 1. The fourth-order valence-corrected chi connectivity index (χ4v) is 1.97. The molecule has 0 aliphatic rings. The van der Waals surface area contributed by atoms with Crippen molar-refractivity contribution in [3.05, 3.63) is 39.2 Å². The van der Waals surface area contributed by atoms with Crippen LogP contribution in [0.15, 0.2) is 22.9 Å². The number of amides is 1. The predicted molar refractivity (Wildman–Crippen MR) is 72.9 cm³/mol. The van der Waals surface area contributed by atoms with E-state index in [2.05, 4.69) is 36.4 Å². The maximum atomic E-state index is 12.0. The topological polar surface area (TPSA) is 70.7 Å². The molecule has 2 rings (SSSR count). The number of aromatic nitrogens is 3. The van der Waals surface area contributed by atoms with Gasteiger partial charge in [0, 0.05) is 16.2 Å². The minimum atomic E-state index is -0.326. The van der Waals surface area contributed by atoms with Crippen LogP contribution >= 0.6 is 27.5 Å². The van der Waals surface area contributed by atoms with Crippen molar-refractivity contribution in [2.24, 2.45) is 0 Å². The van der Waals surface area contributed by atoms with E-state index in [1.807, 2.05) is 6.92 Å². The first-order valence-electron chi connectivity index (χ1n) is 5.26. The smallest absolute Gasteiger partial charge is 0.259 e. The van der Waals surface area contributed by atoms with Crippen LogP contribution in [-0.2, 0) is 6.42 Å². The molecule has 5 nitrogen and oxygen atoms in total. The number of nitrogens with one attached hydrogen (secondary N) is 2. The summed E-state index contributed by atoms with van der Waals surface area (Å²) in [5.74, 6) is 0.256. The fourth-order valence-electron chi connectivity index (χ4n) is 1.45. The lowest BCUT2D eigenvalue weighted by Gasteiger charge is -2.06. The number of hydrogen-bond acceptors (Lipinski definition) is 3. The van der Waals surface area contributed by atoms with Gasteiger partial charge in [-0.1, -0.05) is 18.5 Å². The summed E-state index contributed by atoms with van der Waals surface area (Å²) in [7, 11) is 0. The molecule has 7 heteroatoms. The summed E-state index contributed by atoms with van der Waals surface area (Å²) >= 11 is 9.14. The Labute approximate surface area is 117 Å². The molecule has 1 amide bonds. The zero-order valence-corrected chi connectivity index (χ0v) is 11.8. The second-order valence-electron chi connectivity index (χ2n) is 3.57. The maximum absolute atomic E-state index is 12.0. The van der Waals surface area contributed by atoms with Gasteiger partial charge in [0.2, 0.25) is 0 Å². The quantitative estimate of drug-likeness (QED) is 0.850. The summed E-state index contributed by atoms with van der Waals surface area (Å²) in [6.45, 7) is 1.98. The first-order valence-corrected chi connectivity index (χ1v) is 6.43. The van der Waals surface area contributed by atoms with Crippen LogP contribution in [0.5, 0.6) is 0 Å². The van der Waals surface area contributed by atoms with Gasteiger partial charge in [0.05, 0.1) is 11.8 Å². The molecule has 2 heterocycles. The first-order chi connectivity index (χ1) is 8.61. The average Bonchev–Trinajstić information content (AvgIpc) is 2.79. The molecule has 0 saturated heterocycles. The number of carbonyl (C=O) groups is 1. The molecule has 2 N–H and O–H groups in total. The number of aromatic amines is 1. The van der Waals surface area contributed by atoms with Gasteiger partial charge in [0.1, 0.15) is 11.0 Å². The lowest BCUT2D eigenvalue weighted by molar-refractivity contribution is 0.102. The lowest BCUT2D eigenvalue weighted by atomic mass is 10.2. The Kier molecular flexibility index (Phi) is 3.98. The summed E-state index contributed by atoms with van der Waals surface area (Å²) < 4.78 is 0.692. The molecule has 2 aromatic heterocycles. The molecule has 0 fully saturated rings. The van der Waals surface area contributed by atoms with Gasteiger partial charge < -0.3 is 5.32 Å². The zero-order valence-electron chi connectivity index (χ0n) is 9.50. The van der Waals surface area contributed by atoms with Gasteiger partial charge in [-0.3, -0.25) is 9.89 Å². The maximum Gasteiger partial charge on any atom is 0.259 e. The Bertz CT molecular complexity index is 584. The summed E-state index contributed by atoms with van der Waals surface area (Å²) in [6.07, 6.45) is 3.99. The Morgan fingerprint density at radius 2 is 2.33 bits per heavy atom. The second kappa shape index (κ2) is 5.49. The van der Waals surface area contributed by atoms with Gasteiger partial charge in [-0.05, 0) is 28.4 Å². The number of rotatable bonds is 3. The van der Waals surface area contributed by atoms with Gasteiger partial charge in [-0.25, -0.2) is 4.98 Å². The highest BCUT2D eigenvalue weighted by Gasteiger charge is 2.14. The number of hydrogen-bond donors (Lipinski definition) is 2. The molecule has 0 aromatic carbocycles. The third kappa shape index (κ3) is 2.70. The van der Waals surface area contributed by atoms with Gasteiger partial charge in [-0.2, -0.15) is 5.10 Å². The summed E-state index contributed by atoms with van der Waals surface area (Å²) in [6, 6.07) is 1.62. The van der Waals surface area contributed by atoms with Crippen LogP contribution in [0, 0.1) is 0 Å². The van der Waals surface area contributed by atoms with Crippen molar-refractivity contribution in [2.75, 3.05) is 5.32 Å². The minimum absolute atomic E-state index is 0.160. The summed E-state index contributed by atoms with van der Waals surface area (Å²) in [5, 5.41) is 9.50. The van der Waals surface area contributed by atoms with E-state index in [4.69, 9.17) is 11.6 Å². The zero-order chi connectivity index (χ0) is 13.1. The molecular weight excluding hydrogens is 320 g/mol. The third-order valence-electron chi connectivity index (χ3n) is 2.39. The van der Waals surface area contributed by atoms with Gasteiger partial charge in [0.15, 0.2) is 0 Å². The Balaban J connectivity index is 2.25. The number of aryl methyl sites for hydroxylation is 1. The fraction of sp³-hybridized carbons (Fsp3) is 0.182. The number of nitrogens with zero attached hydrogens (tertiary/aromatic N) is 2. The molecule has 94 valence electrons. The summed E-state index contributed by atoms with van der Waals surface area (Å²) in [4.78, 5) is 16.0. The molecule has 0 spiro atoms. The van der Waals surface area contributed by atoms with Crippen molar-refractivity contribution in [1.29, 1.82) is 0 Å². The van der Waals surface area contributed by atoms with E-state index in [1.165, 1.54) is 6.20 Å². The molecule has 18 heavy (non-hydrogen) atoms. The van der Waals surface area contributed by atoms with Crippen LogP contribution < -0.4 is 5.32 Å². The molecule has 2 aromatic rings. The van der Waals surface area contributed by atoms with Crippen molar-refractivity contribution >= 4 is 39.3 Å². The number of anilines is 1. The second-order valence-corrected chi connectivity index (χ2v) is 4.84. The van der Waals surface area contributed by atoms with E-state index in [1.54, 1.807) is 12.3 Å². The van der Waals surface area contributed by atoms with Crippen molar-refractivity contribution in [1.82, 2.24) is 15.2 Å². The van der Waals surface area contributed by atoms with E-state index < -0.39 is 0 Å². The van der Waals surface area contributed by atoms with Crippen LogP contribution in [0.4, 0.5) is 5.82 Å². The average molecular weight is 330 g/mol.